The highest BCUT2D eigenvalue weighted by atomic mass is 16.5. The minimum absolute atomic E-state index is 0.0727. The fourth-order valence-corrected chi connectivity index (χ4v) is 1.77. The Balaban J connectivity index is 2.12. The van der Waals surface area contributed by atoms with E-state index in [9.17, 15) is 4.79 Å². The summed E-state index contributed by atoms with van der Waals surface area (Å²) in [4.78, 5) is 16.8. The van der Waals surface area contributed by atoms with Gasteiger partial charge in [-0.25, -0.2) is 9.78 Å². The molecular formula is C11H14N2O3. The second-order valence-corrected chi connectivity index (χ2v) is 4.20. The van der Waals surface area contributed by atoms with Gasteiger partial charge in [-0.05, 0) is 19.1 Å². The molecule has 0 unspecified atom stereocenters. The van der Waals surface area contributed by atoms with Crippen LogP contribution in [0, 0.1) is 0 Å². The number of nitrogens with zero attached hydrogens (tertiary/aromatic N) is 2. The van der Waals surface area contributed by atoms with Crippen molar-refractivity contribution < 1.29 is 14.6 Å². The second kappa shape index (κ2) is 3.75. The van der Waals surface area contributed by atoms with Crippen molar-refractivity contribution in [1.29, 1.82) is 0 Å². The van der Waals surface area contributed by atoms with Crippen LogP contribution < -0.4 is 4.90 Å². The molecule has 1 N–H and O–H groups in total. The molecule has 0 saturated carbocycles. The molecule has 1 fully saturated rings. The molecule has 2 heterocycles. The van der Waals surface area contributed by atoms with Crippen LogP contribution in [0.5, 0.6) is 0 Å². The molecular weight excluding hydrogens is 208 g/mol. The molecule has 0 spiro atoms. The lowest BCUT2D eigenvalue weighted by Gasteiger charge is -2.47. The fraction of sp³-hybridized carbons (Fsp3) is 0.455. The van der Waals surface area contributed by atoms with Crippen molar-refractivity contribution >= 4 is 11.8 Å². The van der Waals surface area contributed by atoms with Gasteiger partial charge in [-0.2, -0.15) is 0 Å². The summed E-state index contributed by atoms with van der Waals surface area (Å²) in [6.45, 7) is 3.49. The van der Waals surface area contributed by atoms with E-state index in [2.05, 4.69) is 4.98 Å². The number of carboxylic acid groups (broad SMARTS) is 1. The molecule has 1 aliphatic heterocycles. The Hall–Kier alpha value is -1.62. The molecule has 1 aromatic heterocycles. The van der Waals surface area contributed by atoms with Crippen LogP contribution in [0.3, 0.4) is 0 Å². The lowest BCUT2D eigenvalue weighted by molar-refractivity contribution is -0.0171. The first-order valence-electron chi connectivity index (χ1n) is 5.04. The van der Waals surface area contributed by atoms with Crippen LogP contribution in [-0.2, 0) is 4.74 Å². The average Bonchev–Trinajstić information content (AvgIpc) is 2.25. The summed E-state index contributed by atoms with van der Waals surface area (Å²) in [7, 11) is 1.68. The van der Waals surface area contributed by atoms with Crippen molar-refractivity contribution in [2.24, 2.45) is 0 Å². The zero-order valence-corrected chi connectivity index (χ0v) is 9.30. The third-order valence-electron chi connectivity index (χ3n) is 2.82. The fourth-order valence-electron chi connectivity index (χ4n) is 1.77. The third-order valence-corrected chi connectivity index (χ3v) is 2.82. The first-order chi connectivity index (χ1) is 7.54. The van der Waals surface area contributed by atoms with Gasteiger partial charge in [0.2, 0.25) is 0 Å². The SMILES string of the molecule is COC1(C)CN(c2cccc(C(=O)O)n2)C1. The molecule has 0 bridgehead atoms. The van der Waals surface area contributed by atoms with Crippen LogP contribution in [0.1, 0.15) is 17.4 Å². The first-order valence-corrected chi connectivity index (χ1v) is 5.04. The van der Waals surface area contributed by atoms with E-state index < -0.39 is 5.97 Å². The predicted molar refractivity (Wildman–Crippen MR) is 58.8 cm³/mol. The number of hydrogen-bond acceptors (Lipinski definition) is 4. The summed E-state index contributed by atoms with van der Waals surface area (Å²) in [6.07, 6.45) is 0. The van der Waals surface area contributed by atoms with Gasteiger partial charge in [-0.1, -0.05) is 6.07 Å². The van der Waals surface area contributed by atoms with E-state index in [1.54, 1.807) is 13.2 Å². The van der Waals surface area contributed by atoms with Crippen LogP contribution in [-0.4, -0.2) is 41.9 Å². The second-order valence-electron chi connectivity index (χ2n) is 4.20. The summed E-state index contributed by atoms with van der Waals surface area (Å²) in [5.41, 5.74) is -0.0653. The van der Waals surface area contributed by atoms with E-state index in [0.717, 1.165) is 13.1 Å². The molecule has 1 saturated heterocycles. The number of aromatic nitrogens is 1. The summed E-state index contributed by atoms with van der Waals surface area (Å²) in [5.74, 6) is -0.314. The lowest BCUT2D eigenvalue weighted by Crippen LogP contribution is -2.61. The first kappa shape index (κ1) is 10.9. The van der Waals surface area contributed by atoms with Crippen LogP contribution in [0.4, 0.5) is 5.82 Å². The number of ether oxygens (including phenoxy) is 1. The molecule has 0 aromatic carbocycles. The highest BCUT2D eigenvalue weighted by Crippen LogP contribution is 2.28. The molecule has 5 heteroatoms. The zero-order chi connectivity index (χ0) is 11.8. The number of aromatic carboxylic acids is 1. The normalized spacial score (nSPS) is 18.0. The van der Waals surface area contributed by atoms with Gasteiger partial charge in [0, 0.05) is 20.2 Å². The number of anilines is 1. The number of methoxy groups -OCH3 is 1. The van der Waals surface area contributed by atoms with Gasteiger partial charge in [-0.3, -0.25) is 0 Å². The molecule has 16 heavy (non-hydrogen) atoms. The highest BCUT2D eigenvalue weighted by molar-refractivity contribution is 5.85. The predicted octanol–water partition coefficient (Wildman–Crippen LogP) is 1.00. The van der Waals surface area contributed by atoms with E-state index in [4.69, 9.17) is 9.84 Å². The molecule has 0 amide bonds. The molecule has 5 nitrogen and oxygen atoms in total. The number of hydrogen-bond donors (Lipinski definition) is 1. The minimum atomic E-state index is -1.00. The molecule has 0 radical (unpaired) electrons. The molecule has 0 atom stereocenters. The summed E-state index contributed by atoms with van der Waals surface area (Å²) < 4.78 is 5.32. The largest absolute Gasteiger partial charge is 0.477 e. The summed E-state index contributed by atoms with van der Waals surface area (Å²) in [5, 5.41) is 8.82. The molecule has 1 aromatic rings. The zero-order valence-electron chi connectivity index (χ0n) is 9.30. The molecule has 86 valence electrons. The van der Waals surface area contributed by atoms with Crippen LogP contribution in [0.25, 0.3) is 0 Å². The van der Waals surface area contributed by atoms with Gasteiger partial charge in [0.05, 0.1) is 5.60 Å². The third kappa shape index (κ3) is 1.86. The smallest absolute Gasteiger partial charge is 0.354 e. The van der Waals surface area contributed by atoms with Crippen molar-refractivity contribution in [3.8, 4) is 0 Å². The van der Waals surface area contributed by atoms with E-state index >= 15 is 0 Å². The lowest BCUT2D eigenvalue weighted by atomic mass is 9.96. The van der Waals surface area contributed by atoms with Gasteiger partial charge < -0.3 is 14.7 Å². The Kier molecular flexibility index (Phi) is 2.55. The maximum atomic E-state index is 10.8. The Bertz CT molecular complexity index is 413. The van der Waals surface area contributed by atoms with Crippen molar-refractivity contribution in [3.63, 3.8) is 0 Å². The highest BCUT2D eigenvalue weighted by Gasteiger charge is 2.39. The van der Waals surface area contributed by atoms with E-state index in [0.29, 0.717) is 5.82 Å². The van der Waals surface area contributed by atoms with Gasteiger partial charge in [-0.15, -0.1) is 0 Å². The van der Waals surface area contributed by atoms with Gasteiger partial charge in [0.1, 0.15) is 5.82 Å². The Morgan fingerprint density at radius 2 is 2.25 bits per heavy atom. The van der Waals surface area contributed by atoms with E-state index in [1.807, 2.05) is 17.9 Å². The Morgan fingerprint density at radius 3 is 2.81 bits per heavy atom. The summed E-state index contributed by atoms with van der Waals surface area (Å²) >= 11 is 0. The maximum Gasteiger partial charge on any atom is 0.354 e. The van der Waals surface area contributed by atoms with Gasteiger partial charge in [0.15, 0.2) is 5.69 Å². The van der Waals surface area contributed by atoms with Crippen LogP contribution in [0.15, 0.2) is 18.2 Å². The number of carboxylic acids is 1. The standard InChI is InChI=1S/C11H14N2O3/c1-11(16-2)6-13(7-11)9-5-3-4-8(12-9)10(14)15/h3-5H,6-7H2,1-2H3,(H,14,15). The number of pyridine rings is 1. The Labute approximate surface area is 93.7 Å². The van der Waals surface area contributed by atoms with Crippen molar-refractivity contribution in [1.82, 2.24) is 4.98 Å². The summed E-state index contributed by atoms with van der Waals surface area (Å²) in [6, 6.07) is 5.00. The Morgan fingerprint density at radius 1 is 1.56 bits per heavy atom. The average molecular weight is 222 g/mol. The topological polar surface area (TPSA) is 62.7 Å². The monoisotopic (exact) mass is 222 g/mol. The number of carbonyl (C=O) groups is 1. The minimum Gasteiger partial charge on any atom is -0.477 e. The number of rotatable bonds is 3. The van der Waals surface area contributed by atoms with Gasteiger partial charge >= 0.3 is 5.97 Å². The molecule has 2 rings (SSSR count). The van der Waals surface area contributed by atoms with E-state index in [1.165, 1.54) is 6.07 Å². The maximum absolute atomic E-state index is 10.8. The molecule has 0 aliphatic carbocycles. The van der Waals surface area contributed by atoms with Crippen LogP contribution >= 0.6 is 0 Å². The van der Waals surface area contributed by atoms with E-state index in [-0.39, 0.29) is 11.3 Å². The van der Waals surface area contributed by atoms with Crippen molar-refractivity contribution in [3.05, 3.63) is 23.9 Å². The van der Waals surface area contributed by atoms with Gasteiger partial charge in [0.25, 0.3) is 0 Å². The van der Waals surface area contributed by atoms with Crippen molar-refractivity contribution in [2.75, 3.05) is 25.1 Å². The van der Waals surface area contributed by atoms with Crippen molar-refractivity contribution in [2.45, 2.75) is 12.5 Å². The quantitative estimate of drug-likeness (QED) is 0.826. The molecule has 1 aliphatic rings. The van der Waals surface area contributed by atoms with Crippen LogP contribution in [0.2, 0.25) is 0 Å².